The predicted molar refractivity (Wildman–Crippen MR) is 95.6 cm³/mol. The summed E-state index contributed by atoms with van der Waals surface area (Å²) in [6.07, 6.45) is 5.76. The number of carbonyl (C=O) groups excluding carboxylic acids is 1. The maximum atomic E-state index is 11.6. The van der Waals surface area contributed by atoms with Crippen LogP contribution in [-0.2, 0) is 22.4 Å². The fourth-order valence-corrected chi connectivity index (χ4v) is 5.09. The molecule has 0 spiro atoms. The smallest absolute Gasteiger partial charge is 0.316 e. The molecule has 0 fully saturated rings. The number of hydrogen-bond donors (Lipinski definition) is 0. The molecule has 3 rings (SSSR count). The molecule has 0 bridgehead atoms. The lowest BCUT2D eigenvalue weighted by Crippen LogP contribution is -2.13. The van der Waals surface area contributed by atoms with Crippen molar-refractivity contribution in [2.75, 3.05) is 5.75 Å². The third kappa shape index (κ3) is 3.98. The summed E-state index contributed by atoms with van der Waals surface area (Å²) in [5.41, 5.74) is 1.34. The number of thioether (sulfide) groups is 1. The molecule has 1 aliphatic rings. The maximum Gasteiger partial charge on any atom is 0.316 e. The van der Waals surface area contributed by atoms with Gasteiger partial charge in [0.1, 0.15) is 9.98 Å². The second-order valence-electron chi connectivity index (χ2n) is 5.87. The standard InChI is InChI=1S/C16H19ClN2O2S2/c1-9(2)21-12(20)8-22-16-18-14(17)13-10-6-4-3-5-7-11(10)23-15(13)19-16/h9H,3-8H2,1-2H3. The van der Waals surface area contributed by atoms with Crippen molar-refractivity contribution in [1.82, 2.24) is 9.97 Å². The Morgan fingerprint density at radius 1 is 1.30 bits per heavy atom. The van der Waals surface area contributed by atoms with Crippen LogP contribution in [0.25, 0.3) is 10.2 Å². The minimum absolute atomic E-state index is 0.108. The van der Waals surface area contributed by atoms with Crippen LogP contribution in [0, 0.1) is 0 Å². The number of thiophene rings is 1. The van der Waals surface area contributed by atoms with Crippen molar-refractivity contribution in [3.8, 4) is 0 Å². The van der Waals surface area contributed by atoms with E-state index in [0.29, 0.717) is 10.3 Å². The maximum absolute atomic E-state index is 11.6. The van der Waals surface area contributed by atoms with Crippen LogP contribution in [0.15, 0.2) is 5.16 Å². The van der Waals surface area contributed by atoms with Gasteiger partial charge in [0.2, 0.25) is 0 Å². The van der Waals surface area contributed by atoms with E-state index >= 15 is 0 Å². The van der Waals surface area contributed by atoms with Gasteiger partial charge in [-0.15, -0.1) is 11.3 Å². The Kier molecular flexibility index (Phi) is 5.44. The van der Waals surface area contributed by atoms with Gasteiger partial charge in [0.05, 0.1) is 17.2 Å². The van der Waals surface area contributed by atoms with Crippen molar-refractivity contribution in [3.05, 3.63) is 15.6 Å². The number of carbonyl (C=O) groups is 1. The van der Waals surface area contributed by atoms with Crippen LogP contribution in [0.3, 0.4) is 0 Å². The second-order valence-corrected chi connectivity index (χ2v) is 8.25. The minimum Gasteiger partial charge on any atom is -0.462 e. The molecule has 0 amide bonds. The highest BCUT2D eigenvalue weighted by molar-refractivity contribution is 7.99. The number of aromatic nitrogens is 2. The Bertz CT molecular complexity index is 730. The van der Waals surface area contributed by atoms with Gasteiger partial charge in [-0.2, -0.15) is 0 Å². The molecule has 4 nitrogen and oxygen atoms in total. The van der Waals surface area contributed by atoms with Crippen molar-refractivity contribution in [3.63, 3.8) is 0 Å². The third-order valence-corrected chi connectivity index (χ3v) is 5.97. The number of nitrogens with zero attached hydrogens (tertiary/aromatic N) is 2. The molecule has 0 atom stereocenters. The molecule has 2 aromatic rings. The molecule has 2 heterocycles. The monoisotopic (exact) mass is 370 g/mol. The van der Waals surface area contributed by atoms with E-state index in [1.54, 1.807) is 11.3 Å². The van der Waals surface area contributed by atoms with Crippen molar-refractivity contribution in [1.29, 1.82) is 0 Å². The van der Waals surface area contributed by atoms with E-state index in [0.717, 1.165) is 23.1 Å². The van der Waals surface area contributed by atoms with Crippen LogP contribution in [0.2, 0.25) is 5.15 Å². The van der Waals surface area contributed by atoms with Crippen molar-refractivity contribution in [2.24, 2.45) is 0 Å². The first-order valence-corrected chi connectivity index (χ1v) is 10.0. The molecule has 0 aliphatic heterocycles. The summed E-state index contributed by atoms with van der Waals surface area (Å²) in [6.45, 7) is 3.67. The lowest BCUT2D eigenvalue weighted by molar-refractivity contribution is -0.144. The summed E-state index contributed by atoms with van der Waals surface area (Å²) < 4.78 is 5.12. The third-order valence-electron chi connectivity index (χ3n) is 3.69. The Labute approximate surface area is 149 Å². The largest absolute Gasteiger partial charge is 0.462 e. The van der Waals surface area contributed by atoms with E-state index in [-0.39, 0.29) is 17.8 Å². The molecule has 124 valence electrons. The van der Waals surface area contributed by atoms with Crippen LogP contribution in [-0.4, -0.2) is 27.8 Å². The first kappa shape index (κ1) is 17.0. The van der Waals surface area contributed by atoms with Crippen LogP contribution in [0.1, 0.15) is 43.6 Å². The summed E-state index contributed by atoms with van der Waals surface area (Å²) in [4.78, 5) is 23.0. The van der Waals surface area contributed by atoms with Gasteiger partial charge in [-0.05, 0) is 45.1 Å². The molecular formula is C16H19ClN2O2S2. The average Bonchev–Trinajstić information content (AvgIpc) is 2.67. The van der Waals surface area contributed by atoms with Crippen molar-refractivity contribution >= 4 is 50.9 Å². The number of esters is 1. The van der Waals surface area contributed by atoms with Gasteiger partial charge in [0.15, 0.2) is 5.16 Å². The highest BCUT2D eigenvalue weighted by Crippen LogP contribution is 2.38. The first-order chi connectivity index (χ1) is 11.0. The molecule has 0 N–H and O–H groups in total. The summed E-state index contributed by atoms with van der Waals surface area (Å²) in [5, 5.41) is 2.07. The molecule has 23 heavy (non-hydrogen) atoms. The average molecular weight is 371 g/mol. The van der Waals surface area contributed by atoms with Gasteiger partial charge in [-0.1, -0.05) is 29.8 Å². The summed E-state index contributed by atoms with van der Waals surface area (Å²) in [7, 11) is 0. The van der Waals surface area contributed by atoms with Gasteiger partial charge in [-0.3, -0.25) is 4.79 Å². The summed E-state index contributed by atoms with van der Waals surface area (Å²) in [6, 6.07) is 0. The quantitative estimate of drug-likeness (QED) is 0.257. The highest BCUT2D eigenvalue weighted by atomic mass is 35.5. The van der Waals surface area contributed by atoms with E-state index in [9.17, 15) is 4.79 Å². The molecule has 0 unspecified atom stereocenters. The van der Waals surface area contributed by atoms with Crippen LogP contribution >= 0.6 is 34.7 Å². The zero-order valence-corrected chi connectivity index (χ0v) is 15.6. The first-order valence-electron chi connectivity index (χ1n) is 7.84. The van der Waals surface area contributed by atoms with E-state index < -0.39 is 0 Å². The molecular weight excluding hydrogens is 352 g/mol. The molecule has 0 saturated carbocycles. The molecule has 1 aliphatic carbocycles. The lowest BCUT2D eigenvalue weighted by atomic mass is 10.1. The topological polar surface area (TPSA) is 52.1 Å². The lowest BCUT2D eigenvalue weighted by Gasteiger charge is -2.07. The van der Waals surface area contributed by atoms with Crippen LogP contribution < -0.4 is 0 Å². The van der Waals surface area contributed by atoms with Crippen LogP contribution in [0.5, 0.6) is 0 Å². The number of ether oxygens (including phenoxy) is 1. The number of halogens is 1. The molecule has 2 aromatic heterocycles. The van der Waals surface area contributed by atoms with Crippen molar-refractivity contribution in [2.45, 2.75) is 57.2 Å². The van der Waals surface area contributed by atoms with Crippen molar-refractivity contribution < 1.29 is 9.53 Å². The minimum atomic E-state index is -0.258. The predicted octanol–water partition coefficient (Wildman–Crippen LogP) is 4.66. The number of fused-ring (bicyclic) bond motifs is 3. The second kappa shape index (κ2) is 7.36. The normalized spacial score (nSPS) is 14.8. The fourth-order valence-electron chi connectivity index (χ4n) is 2.76. The van der Waals surface area contributed by atoms with Gasteiger partial charge in [0, 0.05) is 4.88 Å². The Morgan fingerprint density at radius 2 is 2.09 bits per heavy atom. The number of aryl methyl sites for hydroxylation is 2. The SMILES string of the molecule is CC(C)OC(=O)CSc1nc(Cl)c2c3c(sc2n1)CCCCC3. The summed E-state index contributed by atoms with van der Waals surface area (Å²) >= 11 is 9.42. The van der Waals surface area contributed by atoms with E-state index in [4.69, 9.17) is 16.3 Å². The van der Waals surface area contributed by atoms with E-state index in [1.165, 1.54) is 41.5 Å². The summed E-state index contributed by atoms with van der Waals surface area (Å²) in [5.74, 6) is -0.0581. The zero-order chi connectivity index (χ0) is 16.4. The Balaban J connectivity index is 1.83. The van der Waals surface area contributed by atoms with E-state index in [2.05, 4.69) is 9.97 Å². The Morgan fingerprint density at radius 3 is 2.87 bits per heavy atom. The molecule has 0 saturated heterocycles. The van der Waals surface area contributed by atoms with Gasteiger partial charge >= 0.3 is 5.97 Å². The molecule has 0 aromatic carbocycles. The number of rotatable bonds is 4. The fraction of sp³-hybridized carbons (Fsp3) is 0.562. The van der Waals surface area contributed by atoms with Gasteiger partial charge in [-0.25, -0.2) is 9.97 Å². The van der Waals surface area contributed by atoms with Crippen LogP contribution in [0.4, 0.5) is 0 Å². The molecule has 0 radical (unpaired) electrons. The Hall–Kier alpha value is -0.850. The van der Waals surface area contributed by atoms with Gasteiger partial charge in [0.25, 0.3) is 0 Å². The highest BCUT2D eigenvalue weighted by Gasteiger charge is 2.20. The molecule has 7 heteroatoms. The van der Waals surface area contributed by atoms with Gasteiger partial charge < -0.3 is 4.74 Å². The zero-order valence-electron chi connectivity index (χ0n) is 13.2. The van der Waals surface area contributed by atoms with E-state index in [1.807, 2.05) is 13.8 Å². The number of hydrogen-bond acceptors (Lipinski definition) is 6.